The normalized spacial score (nSPS) is 15.2. The number of ether oxygens (including phenoxy) is 1. The van der Waals surface area contributed by atoms with Gasteiger partial charge in [0, 0.05) is 52.2 Å². The number of carbonyl (C=O) groups excluding carboxylic acids is 1. The van der Waals surface area contributed by atoms with Crippen LogP contribution in [0.15, 0.2) is 65.4 Å². The van der Waals surface area contributed by atoms with Gasteiger partial charge in [-0.1, -0.05) is 6.58 Å². The standard InChI is InChI=1S/C33H29F4N5O4S/c1-4-27(44)40-12-17(2)42-21(14-40)11-24(39-42)32-30(29-23(35)9-20(34)10-25(29)46-16-18(3)43)33-22(7-8-47-33)31(38-32)19-5-6-28(45)41(13-19)15-26(36)37/h4-11,13,17-18,26,43H,1,12,14-16H2,2-3H3/t17-,18+/m0/s1. The molecule has 5 aromatic rings. The van der Waals surface area contributed by atoms with Crippen LogP contribution < -0.4 is 10.3 Å². The summed E-state index contributed by atoms with van der Waals surface area (Å²) in [4.78, 5) is 31.4. The highest BCUT2D eigenvalue weighted by molar-refractivity contribution is 7.18. The molecular weight excluding hydrogens is 638 g/mol. The molecule has 0 bridgehead atoms. The summed E-state index contributed by atoms with van der Waals surface area (Å²) in [5.74, 6) is -2.25. The van der Waals surface area contributed by atoms with E-state index in [-0.39, 0.29) is 47.7 Å². The van der Waals surface area contributed by atoms with Crippen LogP contribution >= 0.6 is 11.3 Å². The molecule has 0 spiro atoms. The van der Waals surface area contributed by atoms with Crippen molar-refractivity contribution in [2.75, 3.05) is 13.2 Å². The van der Waals surface area contributed by atoms with Crippen molar-refractivity contribution in [3.8, 4) is 39.5 Å². The van der Waals surface area contributed by atoms with Crippen molar-refractivity contribution in [3.63, 3.8) is 0 Å². The summed E-state index contributed by atoms with van der Waals surface area (Å²) < 4.78 is 66.1. The number of benzene rings is 1. The van der Waals surface area contributed by atoms with Crippen molar-refractivity contribution in [1.29, 1.82) is 0 Å². The fourth-order valence-electron chi connectivity index (χ4n) is 5.74. The summed E-state index contributed by atoms with van der Waals surface area (Å²) in [6, 6.07) is 7.61. The predicted molar refractivity (Wildman–Crippen MR) is 169 cm³/mol. The van der Waals surface area contributed by atoms with Gasteiger partial charge in [0.05, 0.1) is 42.2 Å². The fourth-order valence-corrected chi connectivity index (χ4v) is 6.69. The third-order valence-corrected chi connectivity index (χ3v) is 8.68. The van der Waals surface area contributed by atoms with Gasteiger partial charge in [0.1, 0.15) is 35.4 Å². The largest absolute Gasteiger partial charge is 0.490 e. The van der Waals surface area contributed by atoms with Crippen molar-refractivity contribution in [3.05, 3.63) is 88.3 Å². The second-order valence-corrected chi connectivity index (χ2v) is 12.2. The molecule has 0 fully saturated rings. The molecule has 14 heteroatoms. The van der Waals surface area contributed by atoms with E-state index < -0.39 is 36.3 Å². The maximum absolute atomic E-state index is 16.0. The fraction of sp³-hybridized carbons (Fsp3) is 0.273. The zero-order chi connectivity index (χ0) is 33.6. The van der Waals surface area contributed by atoms with Crippen LogP contribution in [0, 0.1) is 11.6 Å². The Hall–Kier alpha value is -4.82. The van der Waals surface area contributed by atoms with Crippen LogP contribution in [0.4, 0.5) is 17.6 Å². The summed E-state index contributed by atoms with van der Waals surface area (Å²) in [5.41, 5.74) is 1.33. The molecule has 2 atom stereocenters. The smallest absolute Gasteiger partial charge is 0.256 e. The first-order valence-electron chi connectivity index (χ1n) is 14.7. The van der Waals surface area contributed by atoms with Crippen LogP contribution in [0.1, 0.15) is 25.6 Å². The summed E-state index contributed by atoms with van der Waals surface area (Å²) in [5, 5.41) is 17.0. The Kier molecular flexibility index (Phi) is 8.72. The van der Waals surface area contributed by atoms with Crippen LogP contribution in [-0.4, -0.2) is 60.9 Å². The number of carbonyl (C=O) groups is 1. The molecule has 0 aliphatic carbocycles. The number of alkyl halides is 2. The Bertz CT molecular complexity index is 2070. The summed E-state index contributed by atoms with van der Waals surface area (Å²) in [6.45, 7) is 6.45. The molecule has 6 rings (SSSR count). The lowest BCUT2D eigenvalue weighted by molar-refractivity contribution is -0.127. The lowest BCUT2D eigenvalue weighted by Crippen LogP contribution is -2.39. The van der Waals surface area contributed by atoms with E-state index in [4.69, 9.17) is 14.8 Å². The molecule has 1 N–H and O–H groups in total. The maximum Gasteiger partial charge on any atom is 0.256 e. The van der Waals surface area contributed by atoms with Gasteiger partial charge in [0.25, 0.3) is 12.0 Å². The molecule has 47 heavy (non-hydrogen) atoms. The molecule has 0 radical (unpaired) electrons. The number of hydrogen-bond donors (Lipinski definition) is 1. The van der Waals surface area contributed by atoms with Gasteiger partial charge in [-0.3, -0.25) is 14.3 Å². The summed E-state index contributed by atoms with van der Waals surface area (Å²) in [6.07, 6.45) is -1.19. The minimum absolute atomic E-state index is 0.112. The van der Waals surface area contributed by atoms with Crippen LogP contribution in [0.5, 0.6) is 5.75 Å². The van der Waals surface area contributed by atoms with Crippen molar-refractivity contribution >= 4 is 27.3 Å². The number of aliphatic hydroxyl groups excluding tert-OH is 1. The minimum Gasteiger partial charge on any atom is -0.490 e. The molecule has 1 aliphatic heterocycles. The third kappa shape index (κ3) is 6.17. The van der Waals surface area contributed by atoms with Crippen LogP contribution in [0.25, 0.3) is 43.9 Å². The number of amides is 1. The second kappa shape index (κ2) is 12.8. The van der Waals surface area contributed by atoms with Gasteiger partial charge < -0.3 is 19.3 Å². The first kappa shape index (κ1) is 32.1. The Morgan fingerprint density at radius 1 is 1.19 bits per heavy atom. The number of hydrogen-bond acceptors (Lipinski definition) is 7. The van der Waals surface area contributed by atoms with Gasteiger partial charge in [-0.15, -0.1) is 11.3 Å². The molecule has 0 saturated heterocycles. The molecular formula is C33H29F4N5O4S. The van der Waals surface area contributed by atoms with E-state index in [1.165, 1.54) is 42.7 Å². The van der Waals surface area contributed by atoms with Crippen molar-refractivity contribution in [1.82, 2.24) is 24.2 Å². The average molecular weight is 668 g/mol. The number of aliphatic hydroxyl groups is 1. The van der Waals surface area contributed by atoms with E-state index in [0.717, 1.165) is 16.7 Å². The molecule has 1 aliphatic rings. The first-order chi connectivity index (χ1) is 22.4. The number of fused-ring (bicyclic) bond motifs is 2. The first-order valence-corrected chi connectivity index (χ1v) is 15.5. The maximum atomic E-state index is 16.0. The van der Waals surface area contributed by atoms with Gasteiger partial charge >= 0.3 is 0 Å². The molecule has 1 amide bonds. The molecule has 4 aromatic heterocycles. The second-order valence-electron chi connectivity index (χ2n) is 11.3. The van der Waals surface area contributed by atoms with Crippen LogP contribution in [0.3, 0.4) is 0 Å². The lowest BCUT2D eigenvalue weighted by atomic mass is 9.96. The van der Waals surface area contributed by atoms with Crippen LogP contribution in [-0.2, 0) is 17.9 Å². The highest BCUT2D eigenvalue weighted by atomic mass is 32.1. The van der Waals surface area contributed by atoms with Crippen LogP contribution in [0.2, 0.25) is 0 Å². The summed E-state index contributed by atoms with van der Waals surface area (Å²) >= 11 is 1.24. The zero-order valence-electron chi connectivity index (χ0n) is 25.3. The Balaban J connectivity index is 1.65. The van der Waals surface area contributed by atoms with Gasteiger partial charge in [-0.2, -0.15) is 5.10 Å². The third-order valence-electron chi connectivity index (χ3n) is 7.75. The number of pyridine rings is 2. The minimum atomic E-state index is -2.78. The van der Waals surface area contributed by atoms with Gasteiger partial charge in [0.15, 0.2) is 0 Å². The number of aromatic nitrogens is 4. The Morgan fingerprint density at radius 3 is 2.70 bits per heavy atom. The van der Waals surface area contributed by atoms with Crippen molar-refractivity contribution in [2.24, 2.45) is 0 Å². The molecule has 5 heterocycles. The zero-order valence-corrected chi connectivity index (χ0v) is 26.1. The molecule has 244 valence electrons. The van der Waals surface area contributed by atoms with E-state index >= 15 is 4.39 Å². The molecule has 0 unspecified atom stereocenters. The van der Waals surface area contributed by atoms with Gasteiger partial charge in [-0.25, -0.2) is 22.5 Å². The highest BCUT2D eigenvalue weighted by Gasteiger charge is 2.30. The highest BCUT2D eigenvalue weighted by Crippen LogP contribution is 2.47. The number of thiophene rings is 1. The van der Waals surface area contributed by atoms with E-state index in [9.17, 15) is 27.9 Å². The number of nitrogens with zero attached hydrogens (tertiary/aromatic N) is 5. The Morgan fingerprint density at radius 2 is 1.98 bits per heavy atom. The lowest BCUT2D eigenvalue weighted by Gasteiger charge is -2.31. The Labute approximate surface area is 270 Å². The topological polar surface area (TPSA) is 102 Å². The van der Waals surface area contributed by atoms with Crippen molar-refractivity contribution in [2.45, 2.75) is 45.5 Å². The van der Waals surface area contributed by atoms with E-state index in [0.29, 0.717) is 39.3 Å². The van der Waals surface area contributed by atoms with E-state index in [2.05, 4.69) is 6.58 Å². The number of rotatable bonds is 9. The SMILES string of the molecule is C=CC(=O)N1Cc2cc(-c3nc(-c4ccc(=O)n(CC(F)F)c4)c4ccsc4c3-c3c(F)cc(F)cc3OC[C@@H](C)O)nn2[C@@H](C)C1. The number of halogens is 4. The molecule has 0 saturated carbocycles. The monoisotopic (exact) mass is 667 g/mol. The van der Waals surface area contributed by atoms with E-state index in [1.54, 1.807) is 27.1 Å². The molecule has 9 nitrogen and oxygen atoms in total. The average Bonchev–Trinajstić information content (AvgIpc) is 3.68. The quantitative estimate of drug-likeness (QED) is 0.152. The van der Waals surface area contributed by atoms with Crippen molar-refractivity contribution < 1.29 is 32.2 Å². The van der Waals surface area contributed by atoms with E-state index in [1.807, 2.05) is 6.92 Å². The van der Waals surface area contributed by atoms with Gasteiger partial charge in [0.2, 0.25) is 5.91 Å². The van der Waals surface area contributed by atoms with Gasteiger partial charge in [-0.05, 0) is 43.5 Å². The predicted octanol–water partition coefficient (Wildman–Crippen LogP) is 6.05. The molecule has 1 aromatic carbocycles. The summed E-state index contributed by atoms with van der Waals surface area (Å²) in [7, 11) is 0.